The van der Waals surface area contributed by atoms with Crippen molar-refractivity contribution in [1.29, 1.82) is 0 Å². The van der Waals surface area contributed by atoms with Crippen molar-refractivity contribution in [3.8, 4) is 11.5 Å². The Labute approximate surface area is 207 Å². The molecular weight excluding hydrogens is 450 g/mol. The molecule has 3 rings (SSSR count). The van der Waals surface area contributed by atoms with E-state index >= 15 is 0 Å². The molecule has 0 saturated carbocycles. The summed E-state index contributed by atoms with van der Waals surface area (Å²) in [6, 6.07) is 5.79. The van der Waals surface area contributed by atoms with Gasteiger partial charge < -0.3 is 25.0 Å². The molecule has 0 atom stereocenters. The van der Waals surface area contributed by atoms with Crippen molar-refractivity contribution < 1.29 is 9.47 Å². The van der Waals surface area contributed by atoms with Crippen LogP contribution in [0.5, 0.6) is 11.5 Å². The number of likely N-dealkylation sites (tertiary alicyclic amines) is 1. The minimum atomic E-state index is 0.221. The first-order chi connectivity index (χ1) is 16.4. The van der Waals surface area contributed by atoms with Crippen molar-refractivity contribution in [2.24, 2.45) is 0 Å². The summed E-state index contributed by atoms with van der Waals surface area (Å²) in [5.74, 6) is 2.40. The van der Waals surface area contributed by atoms with Crippen molar-refractivity contribution in [1.82, 2.24) is 14.9 Å². The highest BCUT2D eigenvalue weighted by molar-refractivity contribution is 6.32. The van der Waals surface area contributed by atoms with Crippen molar-refractivity contribution >= 4 is 29.1 Å². The SMILES string of the molecule is C=C/C=C\C(C)=C(/C)Nc1nc(Nc2ccc(OC3CCN(C)CC3)cc2OCC)ncc1Cl. The summed E-state index contributed by atoms with van der Waals surface area (Å²) >= 11 is 6.34. The molecule has 1 aromatic carbocycles. The third-order valence-corrected chi connectivity index (χ3v) is 5.87. The van der Waals surface area contributed by atoms with Crippen LogP contribution in [0.25, 0.3) is 0 Å². The molecule has 7 nitrogen and oxygen atoms in total. The number of halogens is 1. The van der Waals surface area contributed by atoms with Crippen LogP contribution in [-0.2, 0) is 0 Å². The lowest BCUT2D eigenvalue weighted by molar-refractivity contribution is 0.114. The molecule has 8 heteroatoms. The van der Waals surface area contributed by atoms with Gasteiger partial charge in [0.05, 0.1) is 18.5 Å². The van der Waals surface area contributed by atoms with E-state index in [4.69, 9.17) is 21.1 Å². The summed E-state index contributed by atoms with van der Waals surface area (Å²) in [6.07, 6.45) is 9.41. The lowest BCUT2D eigenvalue weighted by atomic mass is 10.1. The number of anilines is 3. The summed E-state index contributed by atoms with van der Waals surface area (Å²) in [6.45, 7) is 12.2. The molecule has 1 aliphatic rings. The fourth-order valence-electron chi connectivity index (χ4n) is 3.50. The summed E-state index contributed by atoms with van der Waals surface area (Å²) in [4.78, 5) is 11.2. The van der Waals surface area contributed by atoms with E-state index in [1.54, 1.807) is 12.3 Å². The zero-order valence-corrected chi connectivity index (χ0v) is 21.2. The molecule has 1 aliphatic heterocycles. The standard InChI is InChI=1S/C26H34ClN5O2/c1-6-8-9-18(3)19(4)29-25-22(27)17-28-26(31-25)30-23-11-10-21(16-24(23)33-7-2)34-20-12-14-32(5)15-13-20/h6,8-11,16-17,20H,1,7,12-15H2,2-5H3,(H2,28,29,30,31)/b9-8-,19-18+. The first-order valence-corrected chi connectivity index (χ1v) is 11.9. The fourth-order valence-corrected chi connectivity index (χ4v) is 3.64. The van der Waals surface area contributed by atoms with Crippen LogP contribution in [0.3, 0.4) is 0 Å². The largest absolute Gasteiger partial charge is 0.492 e. The van der Waals surface area contributed by atoms with Gasteiger partial charge in [-0.05, 0) is 58.4 Å². The zero-order chi connectivity index (χ0) is 24.5. The molecule has 1 aromatic heterocycles. The first kappa shape index (κ1) is 25.6. The Morgan fingerprint density at radius 2 is 2.06 bits per heavy atom. The average molecular weight is 484 g/mol. The predicted molar refractivity (Wildman–Crippen MR) is 140 cm³/mol. The molecule has 34 heavy (non-hydrogen) atoms. The van der Waals surface area contributed by atoms with E-state index in [9.17, 15) is 0 Å². The number of piperidine rings is 1. The highest BCUT2D eigenvalue weighted by Gasteiger charge is 2.19. The highest BCUT2D eigenvalue weighted by Crippen LogP contribution is 2.33. The number of aromatic nitrogens is 2. The zero-order valence-electron chi connectivity index (χ0n) is 20.4. The van der Waals surface area contributed by atoms with Crippen molar-refractivity contribution in [3.05, 3.63) is 65.5 Å². The molecule has 0 amide bonds. The van der Waals surface area contributed by atoms with Crippen LogP contribution in [0.15, 0.2) is 60.5 Å². The van der Waals surface area contributed by atoms with E-state index in [0.29, 0.717) is 29.1 Å². The molecule has 2 N–H and O–H groups in total. The Balaban J connectivity index is 1.76. The minimum absolute atomic E-state index is 0.221. The number of rotatable bonds is 10. The van der Waals surface area contributed by atoms with Gasteiger partial charge >= 0.3 is 0 Å². The summed E-state index contributed by atoms with van der Waals surface area (Å²) in [5, 5.41) is 6.93. The van der Waals surface area contributed by atoms with Gasteiger partial charge in [0.2, 0.25) is 5.95 Å². The molecule has 2 aromatic rings. The summed E-state index contributed by atoms with van der Waals surface area (Å²) in [7, 11) is 2.14. The lowest BCUT2D eigenvalue weighted by Gasteiger charge is -2.29. The van der Waals surface area contributed by atoms with Gasteiger partial charge in [-0.2, -0.15) is 4.98 Å². The molecular formula is C26H34ClN5O2. The van der Waals surface area contributed by atoms with Gasteiger partial charge in [0.1, 0.15) is 22.6 Å². The third kappa shape index (κ3) is 7.23. The van der Waals surface area contributed by atoms with Crippen molar-refractivity contribution in [2.45, 2.75) is 39.7 Å². The average Bonchev–Trinajstić information content (AvgIpc) is 2.82. The van der Waals surface area contributed by atoms with Gasteiger partial charge in [-0.1, -0.05) is 36.4 Å². The van der Waals surface area contributed by atoms with Crippen LogP contribution in [0.4, 0.5) is 17.5 Å². The van der Waals surface area contributed by atoms with E-state index < -0.39 is 0 Å². The van der Waals surface area contributed by atoms with Crippen LogP contribution in [-0.4, -0.2) is 47.7 Å². The number of ether oxygens (including phenoxy) is 2. The maximum atomic E-state index is 6.34. The van der Waals surface area contributed by atoms with Crippen LogP contribution >= 0.6 is 11.6 Å². The van der Waals surface area contributed by atoms with Gasteiger partial charge in [0.15, 0.2) is 5.82 Å². The fraction of sp³-hybridized carbons (Fsp3) is 0.385. The molecule has 0 unspecified atom stereocenters. The first-order valence-electron chi connectivity index (χ1n) is 11.5. The molecule has 0 radical (unpaired) electrons. The molecule has 2 heterocycles. The van der Waals surface area contributed by atoms with E-state index in [1.165, 1.54) is 0 Å². The van der Waals surface area contributed by atoms with Gasteiger partial charge in [0, 0.05) is 24.9 Å². The molecule has 1 saturated heterocycles. The van der Waals surface area contributed by atoms with Gasteiger partial charge in [-0.15, -0.1) is 0 Å². The number of hydrogen-bond acceptors (Lipinski definition) is 7. The van der Waals surface area contributed by atoms with Gasteiger partial charge in [-0.25, -0.2) is 4.98 Å². The smallest absolute Gasteiger partial charge is 0.229 e. The van der Waals surface area contributed by atoms with E-state index in [2.05, 4.69) is 39.1 Å². The van der Waals surface area contributed by atoms with Crippen molar-refractivity contribution in [3.63, 3.8) is 0 Å². The van der Waals surface area contributed by atoms with Crippen LogP contribution < -0.4 is 20.1 Å². The number of benzene rings is 1. The van der Waals surface area contributed by atoms with E-state index in [1.807, 2.05) is 51.1 Å². The molecule has 0 aliphatic carbocycles. The van der Waals surface area contributed by atoms with Crippen LogP contribution in [0.2, 0.25) is 5.02 Å². The third-order valence-electron chi connectivity index (χ3n) is 5.59. The lowest BCUT2D eigenvalue weighted by Crippen LogP contribution is -2.35. The van der Waals surface area contributed by atoms with Crippen LogP contribution in [0.1, 0.15) is 33.6 Å². The quantitative estimate of drug-likeness (QED) is 0.390. The molecule has 0 spiro atoms. The Hall–Kier alpha value is -3.03. The Morgan fingerprint density at radius 3 is 2.76 bits per heavy atom. The second-order valence-electron chi connectivity index (χ2n) is 8.25. The van der Waals surface area contributed by atoms with E-state index in [-0.39, 0.29) is 6.10 Å². The monoisotopic (exact) mass is 483 g/mol. The Bertz CT molecular complexity index is 1050. The number of nitrogens with zero attached hydrogens (tertiary/aromatic N) is 3. The molecule has 182 valence electrons. The topological polar surface area (TPSA) is 71.5 Å². The van der Waals surface area contributed by atoms with Crippen molar-refractivity contribution in [2.75, 3.05) is 37.4 Å². The normalized spacial score (nSPS) is 15.7. The predicted octanol–water partition coefficient (Wildman–Crippen LogP) is 6.19. The number of allylic oxidation sites excluding steroid dienone is 5. The maximum Gasteiger partial charge on any atom is 0.229 e. The Morgan fingerprint density at radius 1 is 1.29 bits per heavy atom. The van der Waals surface area contributed by atoms with Gasteiger partial charge in [-0.3, -0.25) is 0 Å². The second kappa shape index (κ2) is 12.4. The maximum absolute atomic E-state index is 6.34. The minimum Gasteiger partial charge on any atom is -0.492 e. The molecule has 1 fully saturated rings. The summed E-state index contributed by atoms with van der Waals surface area (Å²) in [5.41, 5.74) is 2.72. The van der Waals surface area contributed by atoms with Gasteiger partial charge in [0.25, 0.3) is 0 Å². The molecule has 0 bridgehead atoms. The number of hydrogen-bond donors (Lipinski definition) is 2. The van der Waals surface area contributed by atoms with Crippen LogP contribution in [0, 0.1) is 0 Å². The summed E-state index contributed by atoms with van der Waals surface area (Å²) < 4.78 is 12.1. The second-order valence-corrected chi connectivity index (χ2v) is 8.66. The Kier molecular flexibility index (Phi) is 9.36. The number of nitrogens with one attached hydrogen (secondary N) is 2. The van der Waals surface area contributed by atoms with E-state index in [0.717, 1.165) is 48.6 Å². The highest BCUT2D eigenvalue weighted by atomic mass is 35.5.